The number of benzene rings is 8. The molecule has 0 fully saturated rings. The molecular formula is C53H27F6N5. The number of nitriles is 2. The maximum atomic E-state index is 14.6. The minimum absolute atomic E-state index is 0.00109. The maximum absolute atomic E-state index is 14.6. The second-order valence-corrected chi connectivity index (χ2v) is 15.2. The number of hydrogen-bond acceptors (Lipinski definition) is 2. The summed E-state index contributed by atoms with van der Waals surface area (Å²) in [6, 6.07) is 49.1. The Balaban J connectivity index is 1.31. The van der Waals surface area contributed by atoms with Gasteiger partial charge in [0, 0.05) is 27.1 Å². The van der Waals surface area contributed by atoms with Crippen LogP contribution in [0.4, 0.5) is 32.0 Å². The van der Waals surface area contributed by atoms with Crippen LogP contribution in [0.2, 0.25) is 0 Å². The zero-order valence-electron chi connectivity index (χ0n) is 33.1. The van der Waals surface area contributed by atoms with Gasteiger partial charge >= 0.3 is 12.4 Å². The van der Waals surface area contributed by atoms with Crippen LogP contribution in [0.3, 0.4) is 0 Å². The van der Waals surface area contributed by atoms with E-state index in [9.17, 15) is 36.9 Å². The number of para-hydroxylation sites is 3. The normalized spacial score (nSPS) is 11.9. The van der Waals surface area contributed by atoms with Crippen molar-refractivity contribution < 1.29 is 26.3 Å². The lowest BCUT2D eigenvalue weighted by molar-refractivity contribution is -0.143. The molecule has 0 aliphatic carbocycles. The van der Waals surface area contributed by atoms with Crippen molar-refractivity contribution in [3.05, 3.63) is 197 Å². The van der Waals surface area contributed by atoms with Crippen LogP contribution in [0.5, 0.6) is 0 Å². The Hall–Kier alpha value is -8.59. The van der Waals surface area contributed by atoms with Crippen molar-refractivity contribution in [3.63, 3.8) is 0 Å². The summed E-state index contributed by atoms with van der Waals surface area (Å²) >= 11 is 0. The third-order valence-electron chi connectivity index (χ3n) is 11.7. The average Bonchev–Trinajstić information content (AvgIpc) is 3.82. The monoisotopic (exact) mass is 847 g/mol. The Morgan fingerprint density at radius 1 is 0.422 bits per heavy atom. The van der Waals surface area contributed by atoms with Crippen LogP contribution in [0.15, 0.2) is 164 Å². The zero-order valence-corrected chi connectivity index (χ0v) is 33.1. The fourth-order valence-electron chi connectivity index (χ4n) is 8.83. The van der Waals surface area contributed by atoms with Crippen LogP contribution >= 0.6 is 0 Å². The fourth-order valence-corrected chi connectivity index (χ4v) is 8.83. The molecule has 0 N–H and O–H groups in total. The van der Waals surface area contributed by atoms with Gasteiger partial charge < -0.3 is 9.13 Å². The molecular weight excluding hydrogens is 821 g/mol. The molecule has 11 heteroatoms. The molecule has 0 aliphatic heterocycles. The molecule has 2 aromatic heterocycles. The van der Waals surface area contributed by atoms with E-state index in [2.05, 4.69) is 17.0 Å². The first-order chi connectivity index (χ1) is 30.9. The summed E-state index contributed by atoms with van der Waals surface area (Å²) in [7, 11) is 0. The van der Waals surface area contributed by atoms with Gasteiger partial charge in [-0.1, -0.05) is 91.0 Å². The smallest absolute Gasteiger partial charge is 0.309 e. The van der Waals surface area contributed by atoms with Crippen LogP contribution in [0.25, 0.3) is 93.2 Å². The second-order valence-electron chi connectivity index (χ2n) is 15.2. The zero-order chi connectivity index (χ0) is 44.5. The highest BCUT2D eigenvalue weighted by Crippen LogP contribution is 2.45. The summed E-state index contributed by atoms with van der Waals surface area (Å²) in [6.07, 6.45) is -10.3. The van der Waals surface area contributed by atoms with Crippen molar-refractivity contribution in [1.29, 1.82) is 10.5 Å². The Morgan fingerprint density at radius 2 is 0.906 bits per heavy atom. The first kappa shape index (κ1) is 39.5. The lowest BCUT2D eigenvalue weighted by Gasteiger charge is -2.20. The van der Waals surface area contributed by atoms with Gasteiger partial charge in [0.2, 0.25) is 0 Å². The molecule has 64 heavy (non-hydrogen) atoms. The van der Waals surface area contributed by atoms with E-state index in [1.165, 1.54) is 12.1 Å². The third-order valence-corrected chi connectivity index (χ3v) is 11.7. The van der Waals surface area contributed by atoms with Gasteiger partial charge in [-0.25, -0.2) is 4.85 Å². The molecule has 0 unspecified atom stereocenters. The topological polar surface area (TPSA) is 61.8 Å². The molecule has 0 aliphatic rings. The summed E-state index contributed by atoms with van der Waals surface area (Å²) < 4.78 is 91.1. The van der Waals surface area contributed by atoms with Gasteiger partial charge in [0.25, 0.3) is 0 Å². The Kier molecular flexibility index (Phi) is 9.14. The first-order valence-corrected chi connectivity index (χ1v) is 19.8. The highest BCUT2D eigenvalue weighted by molar-refractivity contribution is 6.13. The van der Waals surface area contributed by atoms with E-state index in [-0.39, 0.29) is 34.1 Å². The second kappa shape index (κ2) is 14.8. The van der Waals surface area contributed by atoms with Gasteiger partial charge in [-0.15, -0.1) is 0 Å². The number of aromatic nitrogens is 2. The molecule has 10 rings (SSSR count). The summed E-state index contributed by atoms with van der Waals surface area (Å²) in [4.78, 5) is 3.69. The number of alkyl halides is 6. The van der Waals surface area contributed by atoms with Crippen molar-refractivity contribution in [2.45, 2.75) is 12.4 Å². The molecule has 0 bridgehead atoms. The van der Waals surface area contributed by atoms with E-state index >= 15 is 0 Å². The number of rotatable bonds is 5. The Labute approximate surface area is 360 Å². The molecule has 8 aromatic carbocycles. The van der Waals surface area contributed by atoms with Crippen molar-refractivity contribution >= 4 is 49.3 Å². The molecule has 0 saturated heterocycles. The number of halogens is 6. The summed E-state index contributed by atoms with van der Waals surface area (Å²) in [5.74, 6) is 0. The third kappa shape index (κ3) is 6.40. The van der Waals surface area contributed by atoms with Gasteiger partial charge in [-0.05, 0) is 101 Å². The highest BCUT2D eigenvalue weighted by Gasteiger charge is 2.37. The van der Waals surface area contributed by atoms with Crippen molar-refractivity contribution in [1.82, 2.24) is 9.13 Å². The summed E-state index contributed by atoms with van der Waals surface area (Å²) in [5, 5.41) is 23.8. The van der Waals surface area contributed by atoms with Gasteiger partial charge in [0.15, 0.2) is 5.69 Å². The van der Waals surface area contributed by atoms with E-state index in [1.807, 2.05) is 84.9 Å². The minimum atomic E-state index is -5.13. The molecule has 0 radical (unpaired) electrons. The summed E-state index contributed by atoms with van der Waals surface area (Å²) in [5.41, 5.74) is 3.29. The van der Waals surface area contributed by atoms with Crippen molar-refractivity contribution in [2.24, 2.45) is 0 Å². The van der Waals surface area contributed by atoms with Crippen LogP contribution in [0.1, 0.15) is 22.3 Å². The Morgan fingerprint density at radius 3 is 1.47 bits per heavy atom. The SMILES string of the molecule is [C-]#[N+]c1ccccc1-c1ccc2c(c1)c1ccccc1n2-c1cc(C#N)c(-n2c3ccccc3c3cc(-c4ccccc4C#N)ccc32)cc1-c1cc(C(F)(F)F)cc(C(F)(F)F)c1. The molecule has 0 saturated carbocycles. The highest BCUT2D eigenvalue weighted by atomic mass is 19.4. The standard InChI is InChI=1S/C53H27F6N5/c1-62-45-15-7-4-12-39(45)32-19-21-49-44(25-32)41-14-6-9-17-47(41)64(49)51-26-35(30-61)50(28-42(51)34-22-36(52(54,55)56)27-37(23-34)53(57,58)59)63-46-16-8-5-13-40(46)43-24-31(18-20-48(43)63)38-11-3-2-10-33(38)29-60/h2-28H. The Bertz CT molecular complexity index is 3670. The van der Waals surface area contributed by atoms with Gasteiger partial charge in [-0.2, -0.15) is 36.9 Å². The molecule has 10 aromatic rings. The summed E-state index contributed by atoms with van der Waals surface area (Å²) in [6.45, 7) is 7.76. The van der Waals surface area contributed by atoms with Gasteiger partial charge in [0.05, 0.1) is 68.3 Å². The van der Waals surface area contributed by atoms with E-state index in [4.69, 9.17) is 6.57 Å². The van der Waals surface area contributed by atoms with E-state index in [1.54, 1.807) is 57.7 Å². The predicted molar refractivity (Wildman–Crippen MR) is 237 cm³/mol. The number of hydrogen-bond donors (Lipinski definition) is 0. The number of fused-ring (bicyclic) bond motifs is 6. The quantitative estimate of drug-likeness (QED) is 0.128. The minimum Gasteiger partial charge on any atom is -0.309 e. The van der Waals surface area contributed by atoms with Crippen LogP contribution in [-0.2, 0) is 12.4 Å². The first-order valence-electron chi connectivity index (χ1n) is 19.8. The molecule has 0 amide bonds. The maximum Gasteiger partial charge on any atom is 0.416 e. The van der Waals surface area contributed by atoms with Crippen LogP contribution < -0.4 is 0 Å². The fraction of sp³-hybridized carbons (Fsp3) is 0.0377. The van der Waals surface area contributed by atoms with E-state index < -0.39 is 23.5 Å². The predicted octanol–water partition coefficient (Wildman–Crippen LogP) is 15.2. The largest absolute Gasteiger partial charge is 0.416 e. The lowest BCUT2D eigenvalue weighted by Crippen LogP contribution is -2.11. The molecule has 0 atom stereocenters. The molecule has 2 heterocycles. The molecule has 0 spiro atoms. The van der Waals surface area contributed by atoms with Crippen LogP contribution in [0, 0.1) is 29.2 Å². The lowest BCUT2D eigenvalue weighted by atomic mass is 9.95. The van der Waals surface area contributed by atoms with Gasteiger partial charge in [-0.3, -0.25) is 0 Å². The van der Waals surface area contributed by atoms with Gasteiger partial charge in [0.1, 0.15) is 6.07 Å². The molecule has 306 valence electrons. The van der Waals surface area contributed by atoms with Crippen molar-refractivity contribution in [3.8, 4) is 56.9 Å². The number of nitrogens with zero attached hydrogens (tertiary/aromatic N) is 5. The van der Waals surface area contributed by atoms with Crippen molar-refractivity contribution in [2.75, 3.05) is 0 Å². The van der Waals surface area contributed by atoms with E-state index in [0.717, 1.165) is 27.3 Å². The van der Waals surface area contributed by atoms with E-state index in [0.29, 0.717) is 62.0 Å². The average molecular weight is 848 g/mol. The van der Waals surface area contributed by atoms with Crippen LogP contribution in [-0.4, -0.2) is 9.13 Å². The molecule has 5 nitrogen and oxygen atoms in total.